The standard InChI is InChI=1S/C20H23N3O5/c1-22-18(24)5-3-15(21-22)20(26)23-8-6-13(7-9-23)19(25)14-2-4-16-17(12-14)28-11-10-27-16/h2,4,12-13H,3,5-11H2,1H3. The van der Waals surface area contributed by atoms with E-state index < -0.39 is 0 Å². The molecule has 28 heavy (non-hydrogen) atoms. The summed E-state index contributed by atoms with van der Waals surface area (Å²) >= 11 is 0. The molecule has 1 saturated heterocycles. The van der Waals surface area contributed by atoms with E-state index in [0.717, 1.165) is 0 Å². The number of hydrazone groups is 1. The molecule has 3 aliphatic rings. The van der Waals surface area contributed by atoms with Crippen molar-refractivity contribution in [2.75, 3.05) is 33.4 Å². The van der Waals surface area contributed by atoms with Crippen LogP contribution in [0.5, 0.6) is 11.5 Å². The van der Waals surface area contributed by atoms with Gasteiger partial charge in [-0.2, -0.15) is 5.10 Å². The van der Waals surface area contributed by atoms with Crippen molar-refractivity contribution in [1.82, 2.24) is 9.91 Å². The summed E-state index contributed by atoms with van der Waals surface area (Å²) in [5.74, 6) is 1.01. The molecule has 0 aromatic heterocycles. The molecular weight excluding hydrogens is 362 g/mol. The molecule has 8 nitrogen and oxygen atoms in total. The van der Waals surface area contributed by atoms with Gasteiger partial charge in [0.1, 0.15) is 18.9 Å². The van der Waals surface area contributed by atoms with Gasteiger partial charge in [0.25, 0.3) is 5.91 Å². The van der Waals surface area contributed by atoms with Crippen molar-refractivity contribution in [3.05, 3.63) is 23.8 Å². The minimum atomic E-state index is -0.135. The lowest BCUT2D eigenvalue weighted by atomic mass is 9.88. The van der Waals surface area contributed by atoms with Crippen LogP contribution in [0.15, 0.2) is 23.3 Å². The van der Waals surface area contributed by atoms with E-state index in [-0.39, 0.29) is 23.5 Å². The number of Topliss-reactive ketones (excluding diaryl/α,β-unsaturated/α-hetero) is 1. The Hall–Kier alpha value is -2.90. The minimum absolute atomic E-state index is 0.0735. The number of benzene rings is 1. The highest BCUT2D eigenvalue weighted by molar-refractivity contribution is 6.39. The first-order chi connectivity index (χ1) is 13.5. The van der Waals surface area contributed by atoms with Gasteiger partial charge >= 0.3 is 0 Å². The molecule has 4 rings (SSSR count). The molecule has 0 unspecified atom stereocenters. The van der Waals surface area contributed by atoms with E-state index in [1.807, 2.05) is 0 Å². The number of likely N-dealkylation sites (tertiary alicyclic amines) is 1. The molecule has 1 aromatic rings. The molecule has 8 heteroatoms. The van der Waals surface area contributed by atoms with Gasteiger partial charge in [0.2, 0.25) is 5.91 Å². The number of ketones is 1. The second-order valence-electron chi connectivity index (χ2n) is 7.25. The van der Waals surface area contributed by atoms with Gasteiger partial charge in [-0.1, -0.05) is 0 Å². The lowest BCUT2D eigenvalue weighted by Gasteiger charge is -2.32. The summed E-state index contributed by atoms with van der Waals surface area (Å²) < 4.78 is 11.1. The Morgan fingerprint density at radius 1 is 1.07 bits per heavy atom. The molecule has 1 aromatic carbocycles. The zero-order chi connectivity index (χ0) is 19.7. The highest BCUT2D eigenvalue weighted by Gasteiger charge is 2.31. The van der Waals surface area contributed by atoms with E-state index in [2.05, 4.69) is 5.10 Å². The maximum atomic E-state index is 12.9. The summed E-state index contributed by atoms with van der Waals surface area (Å²) in [6, 6.07) is 5.30. The number of carbonyl (C=O) groups is 3. The van der Waals surface area contributed by atoms with E-state index in [1.165, 1.54) is 5.01 Å². The van der Waals surface area contributed by atoms with Crippen molar-refractivity contribution in [2.45, 2.75) is 25.7 Å². The van der Waals surface area contributed by atoms with E-state index in [1.54, 1.807) is 30.1 Å². The van der Waals surface area contributed by atoms with Crippen LogP contribution in [0, 0.1) is 5.92 Å². The maximum absolute atomic E-state index is 12.9. The van der Waals surface area contributed by atoms with Crippen molar-refractivity contribution in [1.29, 1.82) is 0 Å². The number of hydrogen-bond donors (Lipinski definition) is 0. The van der Waals surface area contributed by atoms with Gasteiger partial charge in [-0.25, -0.2) is 5.01 Å². The monoisotopic (exact) mass is 385 g/mol. The van der Waals surface area contributed by atoms with Crippen LogP contribution < -0.4 is 9.47 Å². The highest BCUT2D eigenvalue weighted by atomic mass is 16.6. The molecule has 2 amide bonds. The smallest absolute Gasteiger partial charge is 0.270 e. The average molecular weight is 385 g/mol. The van der Waals surface area contributed by atoms with E-state index in [0.29, 0.717) is 74.8 Å². The number of piperidine rings is 1. The number of ether oxygens (including phenoxy) is 2. The predicted molar refractivity (Wildman–Crippen MR) is 101 cm³/mol. The van der Waals surface area contributed by atoms with Crippen LogP contribution in [0.2, 0.25) is 0 Å². The fraction of sp³-hybridized carbons (Fsp3) is 0.500. The van der Waals surface area contributed by atoms with Crippen molar-refractivity contribution in [3.8, 4) is 11.5 Å². The lowest BCUT2D eigenvalue weighted by molar-refractivity contribution is -0.130. The molecular formula is C20H23N3O5. The second-order valence-corrected chi connectivity index (χ2v) is 7.25. The van der Waals surface area contributed by atoms with Gasteiger partial charge in [-0.05, 0) is 31.0 Å². The van der Waals surface area contributed by atoms with Crippen LogP contribution in [-0.4, -0.2) is 66.6 Å². The summed E-state index contributed by atoms with van der Waals surface area (Å²) in [5.41, 5.74) is 1.03. The SMILES string of the molecule is CN1N=C(C(=O)N2CCC(C(=O)c3ccc4c(c3)OCCO4)CC2)CCC1=O. The summed E-state index contributed by atoms with van der Waals surface area (Å²) in [6.45, 7) is 2.02. The van der Waals surface area contributed by atoms with E-state index >= 15 is 0 Å². The fourth-order valence-electron chi connectivity index (χ4n) is 3.78. The largest absolute Gasteiger partial charge is 0.486 e. The molecule has 0 bridgehead atoms. The minimum Gasteiger partial charge on any atom is -0.486 e. The summed E-state index contributed by atoms with van der Waals surface area (Å²) in [7, 11) is 1.56. The number of nitrogens with zero attached hydrogens (tertiary/aromatic N) is 3. The Bertz CT molecular complexity index is 842. The third-order valence-corrected chi connectivity index (χ3v) is 5.43. The van der Waals surface area contributed by atoms with Gasteiger partial charge in [-0.15, -0.1) is 0 Å². The van der Waals surface area contributed by atoms with Crippen molar-refractivity contribution < 1.29 is 23.9 Å². The fourth-order valence-corrected chi connectivity index (χ4v) is 3.78. The van der Waals surface area contributed by atoms with Gasteiger partial charge < -0.3 is 14.4 Å². The Labute approximate surface area is 163 Å². The molecule has 0 spiro atoms. The molecule has 3 heterocycles. The number of fused-ring (bicyclic) bond motifs is 1. The Balaban J connectivity index is 1.37. The predicted octanol–water partition coefficient (Wildman–Crippen LogP) is 1.49. The Morgan fingerprint density at radius 2 is 1.79 bits per heavy atom. The van der Waals surface area contributed by atoms with Crippen LogP contribution in [-0.2, 0) is 9.59 Å². The zero-order valence-electron chi connectivity index (χ0n) is 15.8. The van der Waals surface area contributed by atoms with Crippen LogP contribution >= 0.6 is 0 Å². The van der Waals surface area contributed by atoms with Gasteiger partial charge in [0.15, 0.2) is 17.3 Å². The molecule has 0 atom stereocenters. The van der Waals surface area contributed by atoms with Crippen molar-refractivity contribution >= 4 is 23.3 Å². The summed E-state index contributed by atoms with van der Waals surface area (Å²) in [4.78, 5) is 38.8. The third kappa shape index (κ3) is 3.58. The highest BCUT2D eigenvalue weighted by Crippen LogP contribution is 2.32. The third-order valence-electron chi connectivity index (χ3n) is 5.43. The first kappa shape index (κ1) is 18.5. The molecule has 1 fully saturated rings. The van der Waals surface area contributed by atoms with Crippen molar-refractivity contribution in [2.24, 2.45) is 11.0 Å². The first-order valence-electron chi connectivity index (χ1n) is 9.60. The van der Waals surface area contributed by atoms with Crippen LogP contribution in [0.25, 0.3) is 0 Å². The molecule has 0 N–H and O–H groups in total. The topological polar surface area (TPSA) is 88.5 Å². The molecule has 0 aliphatic carbocycles. The van der Waals surface area contributed by atoms with E-state index in [4.69, 9.17) is 9.47 Å². The molecule has 3 aliphatic heterocycles. The Kier molecular flexibility index (Phi) is 5.02. The summed E-state index contributed by atoms with van der Waals surface area (Å²) in [6.07, 6.45) is 1.90. The first-order valence-corrected chi connectivity index (χ1v) is 9.60. The number of carbonyl (C=O) groups excluding carboxylic acids is 3. The Morgan fingerprint density at radius 3 is 2.50 bits per heavy atom. The van der Waals surface area contributed by atoms with Gasteiger partial charge in [0.05, 0.1) is 0 Å². The van der Waals surface area contributed by atoms with E-state index in [9.17, 15) is 14.4 Å². The van der Waals surface area contributed by atoms with Crippen LogP contribution in [0.1, 0.15) is 36.0 Å². The zero-order valence-corrected chi connectivity index (χ0v) is 15.8. The maximum Gasteiger partial charge on any atom is 0.270 e. The average Bonchev–Trinajstić information content (AvgIpc) is 2.74. The van der Waals surface area contributed by atoms with Crippen LogP contribution in [0.4, 0.5) is 0 Å². The normalized spacial score (nSPS) is 20.0. The molecule has 0 radical (unpaired) electrons. The quantitative estimate of drug-likeness (QED) is 0.736. The summed E-state index contributed by atoms with van der Waals surface area (Å²) in [5, 5.41) is 5.33. The number of amides is 2. The second kappa shape index (κ2) is 7.61. The number of hydrogen-bond acceptors (Lipinski definition) is 6. The molecule has 0 saturated carbocycles. The number of rotatable bonds is 3. The van der Waals surface area contributed by atoms with Crippen LogP contribution in [0.3, 0.4) is 0 Å². The van der Waals surface area contributed by atoms with Gasteiger partial charge in [0, 0.05) is 44.5 Å². The van der Waals surface area contributed by atoms with Gasteiger partial charge in [-0.3, -0.25) is 14.4 Å². The van der Waals surface area contributed by atoms with Crippen molar-refractivity contribution in [3.63, 3.8) is 0 Å². The lowest BCUT2D eigenvalue weighted by Crippen LogP contribution is -2.45. The molecule has 148 valence electrons.